The normalized spacial score (nSPS) is 10.2. The lowest BCUT2D eigenvalue weighted by Crippen LogP contribution is -2.02. The Labute approximate surface area is 75.4 Å². The highest BCUT2D eigenvalue weighted by atomic mass is 16.1. The van der Waals surface area contributed by atoms with E-state index < -0.39 is 0 Å². The summed E-state index contributed by atoms with van der Waals surface area (Å²) in [5.41, 5.74) is 0.953. The zero-order chi connectivity index (χ0) is 9.26. The minimum atomic E-state index is -0.0687. The van der Waals surface area contributed by atoms with E-state index in [1.54, 1.807) is 12.3 Å². The van der Waals surface area contributed by atoms with Gasteiger partial charge in [0.25, 0.3) is 0 Å². The van der Waals surface area contributed by atoms with Gasteiger partial charge < -0.3 is 10.3 Å². The minimum absolute atomic E-state index is 0.0687. The fourth-order valence-corrected chi connectivity index (χ4v) is 1.41. The van der Waals surface area contributed by atoms with E-state index in [0.29, 0.717) is 0 Å². The molecule has 0 fully saturated rings. The summed E-state index contributed by atoms with van der Waals surface area (Å²) in [6.07, 6.45) is 1.73. The van der Waals surface area contributed by atoms with Gasteiger partial charge in [-0.2, -0.15) is 0 Å². The number of fused-ring (bicyclic) bond motifs is 1. The number of aromatic nitrogens is 1. The molecule has 0 saturated carbocycles. The van der Waals surface area contributed by atoms with Crippen molar-refractivity contribution >= 4 is 16.5 Å². The van der Waals surface area contributed by atoms with Crippen LogP contribution in [0.2, 0.25) is 0 Å². The average molecular weight is 174 g/mol. The van der Waals surface area contributed by atoms with Crippen molar-refractivity contribution in [1.82, 2.24) is 4.98 Å². The quantitative estimate of drug-likeness (QED) is 0.689. The molecule has 0 spiro atoms. The Morgan fingerprint density at radius 1 is 1.38 bits per heavy atom. The molecule has 0 saturated heterocycles. The second kappa shape index (κ2) is 2.94. The second-order valence-corrected chi connectivity index (χ2v) is 2.86. The Hall–Kier alpha value is -1.77. The molecule has 0 aliphatic rings. The van der Waals surface area contributed by atoms with Gasteiger partial charge in [-0.3, -0.25) is 4.79 Å². The van der Waals surface area contributed by atoms with Crippen LogP contribution in [-0.2, 0) is 0 Å². The molecule has 0 unspecified atom stereocenters. The number of pyridine rings is 1. The molecule has 1 aromatic carbocycles. The molecule has 3 nitrogen and oxygen atoms in total. The molecule has 2 aromatic rings. The standard InChI is InChI=1S/C10H10N2O/c1-11-9-4-2-3-7-5-10(13)12-6-8(7)9/h2-6,11H,1H3,(H,12,13). The van der Waals surface area contributed by atoms with Crippen LogP contribution in [-0.4, -0.2) is 12.0 Å². The third kappa shape index (κ3) is 1.28. The van der Waals surface area contributed by atoms with E-state index in [-0.39, 0.29) is 5.56 Å². The van der Waals surface area contributed by atoms with E-state index in [2.05, 4.69) is 10.3 Å². The molecule has 0 bridgehead atoms. The maximum absolute atomic E-state index is 11.0. The van der Waals surface area contributed by atoms with E-state index >= 15 is 0 Å². The topological polar surface area (TPSA) is 44.9 Å². The number of hydrogen-bond donors (Lipinski definition) is 2. The van der Waals surface area contributed by atoms with Crippen LogP contribution in [0.3, 0.4) is 0 Å². The molecule has 2 rings (SSSR count). The molecule has 66 valence electrons. The van der Waals surface area contributed by atoms with E-state index in [9.17, 15) is 4.79 Å². The lowest BCUT2D eigenvalue weighted by molar-refractivity contribution is 1.27. The molecule has 1 aromatic heterocycles. The Balaban J connectivity index is 2.85. The van der Waals surface area contributed by atoms with E-state index in [1.807, 2.05) is 25.2 Å². The van der Waals surface area contributed by atoms with Crippen molar-refractivity contribution in [2.75, 3.05) is 12.4 Å². The number of nitrogens with one attached hydrogen (secondary N) is 2. The van der Waals surface area contributed by atoms with Crippen LogP contribution in [0.5, 0.6) is 0 Å². The first-order chi connectivity index (χ1) is 6.31. The first-order valence-corrected chi connectivity index (χ1v) is 4.10. The Bertz CT molecular complexity index is 487. The molecular formula is C10H10N2O. The molecule has 0 radical (unpaired) electrons. The molecule has 0 aliphatic heterocycles. The van der Waals surface area contributed by atoms with Crippen molar-refractivity contribution < 1.29 is 0 Å². The van der Waals surface area contributed by atoms with Crippen molar-refractivity contribution in [2.24, 2.45) is 0 Å². The predicted molar refractivity (Wildman–Crippen MR) is 54.1 cm³/mol. The van der Waals surface area contributed by atoms with E-state index in [0.717, 1.165) is 16.5 Å². The fourth-order valence-electron chi connectivity index (χ4n) is 1.41. The number of rotatable bonds is 1. The van der Waals surface area contributed by atoms with Gasteiger partial charge in [-0.05, 0) is 11.5 Å². The lowest BCUT2D eigenvalue weighted by Gasteiger charge is -2.03. The molecule has 3 heteroatoms. The minimum Gasteiger partial charge on any atom is -0.388 e. The third-order valence-corrected chi connectivity index (χ3v) is 2.05. The van der Waals surface area contributed by atoms with Crippen LogP contribution in [0.25, 0.3) is 10.8 Å². The summed E-state index contributed by atoms with van der Waals surface area (Å²) in [7, 11) is 1.86. The first kappa shape index (κ1) is 7.86. The zero-order valence-electron chi connectivity index (χ0n) is 7.29. The monoisotopic (exact) mass is 174 g/mol. The lowest BCUT2D eigenvalue weighted by atomic mass is 10.1. The summed E-state index contributed by atoms with van der Waals surface area (Å²) in [6.45, 7) is 0. The fraction of sp³-hybridized carbons (Fsp3) is 0.100. The van der Waals surface area contributed by atoms with Gasteiger partial charge >= 0.3 is 0 Å². The van der Waals surface area contributed by atoms with Crippen LogP contribution < -0.4 is 10.9 Å². The maximum atomic E-state index is 11.0. The SMILES string of the molecule is CNc1cccc2cc(=O)[nH]cc12. The summed E-state index contributed by atoms with van der Waals surface area (Å²) in [5, 5.41) is 5.05. The zero-order valence-corrected chi connectivity index (χ0v) is 7.29. The van der Waals surface area contributed by atoms with E-state index in [1.165, 1.54) is 0 Å². The Morgan fingerprint density at radius 2 is 2.23 bits per heavy atom. The van der Waals surface area contributed by atoms with Gasteiger partial charge in [0.1, 0.15) is 0 Å². The first-order valence-electron chi connectivity index (χ1n) is 4.10. The highest BCUT2D eigenvalue weighted by Crippen LogP contribution is 2.19. The number of H-pyrrole nitrogens is 1. The van der Waals surface area contributed by atoms with Crippen molar-refractivity contribution in [2.45, 2.75) is 0 Å². The van der Waals surface area contributed by atoms with Crippen LogP contribution in [0.15, 0.2) is 35.3 Å². The predicted octanol–water partition coefficient (Wildman–Crippen LogP) is 1.57. The Morgan fingerprint density at radius 3 is 3.00 bits per heavy atom. The smallest absolute Gasteiger partial charge is 0.248 e. The molecule has 13 heavy (non-hydrogen) atoms. The summed E-state index contributed by atoms with van der Waals surface area (Å²) in [5.74, 6) is 0. The number of anilines is 1. The van der Waals surface area contributed by atoms with Gasteiger partial charge in [-0.15, -0.1) is 0 Å². The molecule has 0 aliphatic carbocycles. The summed E-state index contributed by atoms with van der Waals surface area (Å²) in [6, 6.07) is 7.41. The molecule has 1 heterocycles. The van der Waals surface area contributed by atoms with Crippen molar-refractivity contribution in [3.8, 4) is 0 Å². The van der Waals surface area contributed by atoms with Crippen molar-refractivity contribution in [3.05, 3.63) is 40.8 Å². The van der Waals surface area contributed by atoms with Gasteiger partial charge in [0.2, 0.25) is 5.56 Å². The highest BCUT2D eigenvalue weighted by Gasteiger charge is 1.97. The van der Waals surface area contributed by atoms with Crippen molar-refractivity contribution in [1.29, 1.82) is 0 Å². The van der Waals surface area contributed by atoms with Crippen LogP contribution in [0, 0.1) is 0 Å². The summed E-state index contributed by atoms with van der Waals surface area (Å²) >= 11 is 0. The third-order valence-electron chi connectivity index (χ3n) is 2.05. The molecule has 2 N–H and O–H groups in total. The van der Waals surface area contributed by atoms with E-state index in [4.69, 9.17) is 0 Å². The molecule has 0 amide bonds. The van der Waals surface area contributed by atoms with Gasteiger partial charge in [-0.25, -0.2) is 0 Å². The highest BCUT2D eigenvalue weighted by molar-refractivity contribution is 5.92. The van der Waals surface area contributed by atoms with Crippen LogP contribution in [0.1, 0.15) is 0 Å². The van der Waals surface area contributed by atoms with Crippen molar-refractivity contribution in [3.63, 3.8) is 0 Å². The van der Waals surface area contributed by atoms with Gasteiger partial charge in [0.15, 0.2) is 0 Å². The Kier molecular flexibility index (Phi) is 1.77. The van der Waals surface area contributed by atoms with Crippen LogP contribution in [0.4, 0.5) is 5.69 Å². The van der Waals surface area contributed by atoms with Gasteiger partial charge in [-0.1, -0.05) is 12.1 Å². The summed E-state index contributed by atoms with van der Waals surface area (Å²) < 4.78 is 0. The van der Waals surface area contributed by atoms with Gasteiger partial charge in [0, 0.05) is 30.4 Å². The largest absolute Gasteiger partial charge is 0.388 e. The van der Waals surface area contributed by atoms with Crippen LogP contribution >= 0.6 is 0 Å². The number of aromatic amines is 1. The molecular weight excluding hydrogens is 164 g/mol. The maximum Gasteiger partial charge on any atom is 0.248 e. The average Bonchev–Trinajstić information content (AvgIpc) is 2.16. The molecule has 0 atom stereocenters. The second-order valence-electron chi connectivity index (χ2n) is 2.86. The number of hydrogen-bond acceptors (Lipinski definition) is 2. The van der Waals surface area contributed by atoms with Gasteiger partial charge in [0.05, 0.1) is 0 Å². The number of benzene rings is 1. The summed E-state index contributed by atoms with van der Waals surface area (Å²) in [4.78, 5) is 13.7.